The molecule has 5 nitrogen and oxygen atoms in total. The second kappa shape index (κ2) is 7.26. The number of benzene rings is 3. The number of nitrogens with zero attached hydrogens (tertiary/aromatic N) is 1. The third-order valence-electron chi connectivity index (χ3n) is 3.88. The topological polar surface area (TPSA) is 74.2 Å². The first-order valence-electron chi connectivity index (χ1n) is 8.11. The number of rotatable bonds is 4. The molecule has 3 N–H and O–H groups in total. The zero-order chi connectivity index (χ0) is 18.8. The quantitative estimate of drug-likeness (QED) is 0.390. The minimum atomic E-state index is -0.156. The minimum absolute atomic E-state index is 0.0327. The lowest BCUT2D eigenvalue weighted by molar-refractivity contribution is 0.102. The molecule has 134 valence electrons. The first kappa shape index (κ1) is 17.3. The summed E-state index contributed by atoms with van der Waals surface area (Å²) in [5.74, 6) is -0.123. The highest BCUT2D eigenvalue weighted by atomic mass is 35.5. The lowest BCUT2D eigenvalue weighted by Crippen LogP contribution is -2.11. The van der Waals surface area contributed by atoms with Gasteiger partial charge in [-0.3, -0.25) is 4.79 Å². The average molecular weight is 396 g/mol. The Bertz CT molecular complexity index is 1130. The van der Waals surface area contributed by atoms with Crippen LogP contribution in [0.5, 0.6) is 5.75 Å². The van der Waals surface area contributed by atoms with Gasteiger partial charge in [-0.05, 0) is 48.5 Å². The first-order chi connectivity index (χ1) is 13.1. The second-order valence-corrected chi connectivity index (χ2v) is 7.25. The Labute approximate surface area is 164 Å². The number of carbonyl (C=O) groups excluding carboxylic acids is 1. The van der Waals surface area contributed by atoms with E-state index in [1.165, 1.54) is 17.4 Å². The van der Waals surface area contributed by atoms with Gasteiger partial charge in [-0.1, -0.05) is 41.1 Å². The summed E-state index contributed by atoms with van der Waals surface area (Å²) in [5, 5.41) is 16.5. The van der Waals surface area contributed by atoms with Crippen LogP contribution in [0.15, 0.2) is 66.7 Å². The highest BCUT2D eigenvalue weighted by Gasteiger charge is 2.09. The molecule has 0 saturated carbocycles. The lowest BCUT2D eigenvalue weighted by atomic mass is 10.2. The summed E-state index contributed by atoms with van der Waals surface area (Å²) >= 11 is 7.39. The van der Waals surface area contributed by atoms with E-state index < -0.39 is 0 Å². The van der Waals surface area contributed by atoms with Crippen LogP contribution in [0.1, 0.15) is 10.4 Å². The minimum Gasteiger partial charge on any atom is -0.506 e. The third kappa shape index (κ3) is 3.86. The Hall–Kier alpha value is -3.09. The Kier molecular flexibility index (Phi) is 4.66. The predicted molar refractivity (Wildman–Crippen MR) is 110 cm³/mol. The molecule has 0 saturated heterocycles. The fourth-order valence-corrected chi connectivity index (χ4v) is 3.66. The summed E-state index contributed by atoms with van der Waals surface area (Å²) < 4.78 is 0.938. The van der Waals surface area contributed by atoms with Crippen LogP contribution < -0.4 is 10.6 Å². The molecule has 0 aliphatic carbocycles. The van der Waals surface area contributed by atoms with Gasteiger partial charge in [0.2, 0.25) is 0 Å². The molecule has 7 heteroatoms. The number of carbonyl (C=O) groups is 1. The molecule has 1 heterocycles. The van der Waals surface area contributed by atoms with E-state index in [2.05, 4.69) is 15.6 Å². The average Bonchev–Trinajstić information content (AvgIpc) is 3.07. The van der Waals surface area contributed by atoms with Gasteiger partial charge < -0.3 is 15.7 Å². The molecule has 0 aliphatic rings. The van der Waals surface area contributed by atoms with Crippen molar-refractivity contribution in [2.24, 2.45) is 0 Å². The van der Waals surface area contributed by atoms with E-state index in [0.717, 1.165) is 15.9 Å². The van der Waals surface area contributed by atoms with Crippen LogP contribution in [0.4, 0.5) is 16.5 Å². The van der Waals surface area contributed by atoms with Crippen LogP contribution in [-0.2, 0) is 0 Å². The standard InChI is InChI=1S/C20H14ClN3O2S/c21-15-10-13(7-9-17(15)25)23-20-24-16-8-6-14(11-18(16)27-20)22-19(26)12-4-2-1-3-5-12/h1-11,25H,(H,22,26)(H,23,24). The number of aromatic hydroxyl groups is 1. The number of nitrogens with one attached hydrogen (secondary N) is 2. The molecule has 0 aliphatic heterocycles. The summed E-state index contributed by atoms with van der Waals surface area (Å²) in [7, 11) is 0. The van der Waals surface area contributed by atoms with Crippen LogP contribution in [0.25, 0.3) is 10.2 Å². The van der Waals surface area contributed by atoms with Crippen LogP contribution in [0.3, 0.4) is 0 Å². The van der Waals surface area contributed by atoms with Crippen molar-refractivity contribution in [3.05, 3.63) is 77.3 Å². The Morgan fingerprint density at radius 2 is 1.78 bits per heavy atom. The van der Waals surface area contributed by atoms with Gasteiger partial charge in [-0.2, -0.15) is 0 Å². The van der Waals surface area contributed by atoms with Gasteiger partial charge in [0.05, 0.1) is 15.2 Å². The number of thiazole rings is 1. The monoisotopic (exact) mass is 395 g/mol. The van der Waals surface area contributed by atoms with Crippen molar-refractivity contribution in [3.63, 3.8) is 0 Å². The number of aromatic nitrogens is 1. The van der Waals surface area contributed by atoms with E-state index in [-0.39, 0.29) is 16.7 Å². The molecule has 1 aromatic heterocycles. The molecule has 4 aromatic rings. The van der Waals surface area contributed by atoms with Crippen LogP contribution >= 0.6 is 22.9 Å². The van der Waals surface area contributed by atoms with Gasteiger partial charge in [0.15, 0.2) is 5.13 Å². The van der Waals surface area contributed by atoms with Gasteiger partial charge >= 0.3 is 0 Å². The van der Waals surface area contributed by atoms with Crippen LogP contribution in [0.2, 0.25) is 5.02 Å². The molecule has 0 fully saturated rings. The number of phenols is 1. The van der Waals surface area contributed by atoms with Crippen LogP contribution in [-0.4, -0.2) is 16.0 Å². The second-order valence-electron chi connectivity index (χ2n) is 5.81. The zero-order valence-electron chi connectivity index (χ0n) is 13.9. The van der Waals surface area contributed by atoms with Gasteiger partial charge in [0.1, 0.15) is 5.75 Å². The number of hydrogen-bond acceptors (Lipinski definition) is 5. The van der Waals surface area contributed by atoms with Gasteiger partial charge in [-0.15, -0.1) is 0 Å². The van der Waals surface area contributed by atoms with Crippen molar-refractivity contribution < 1.29 is 9.90 Å². The number of phenolic OH excluding ortho intramolecular Hbond substituents is 1. The Balaban J connectivity index is 1.54. The zero-order valence-corrected chi connectivity index (χ0v) is 15.5. The van der Waals surface area contributed by atoms with E-state index in [1.807, 2.05) is 36.4 Å². The molecule has 0 radical (unpaired) electrons. The van der Waals surface area contributed by atoms with Gasteiger partial charge in [0, 0.05) is 16.9 Å². The molecule has 0 spiro atoms. The fourth-order valence-electron chi connectivity index (χ4n) is 2.56. The van der Waals surface area contributed by atoms with Crippen molar-refractivity contribution in [1.82, 2.24) is 4.98 Å². The molecule has 3 aromatic carbocycles. The molecule has 4 rings (SSSR count). The van der Waals surface area contributed by atoms with Crippen molar-refractivity contribution in [1.29, 1.82) is 0 Å². The number of fused-ring (bicyclic) bond motifs is 1. The van der Waals surface area contributed by atoms with E-state index in [1.54, 1.807) is 24.3 Å². The van der Waals surface area contributed by atoms with Crippen molar-refractivity contribution >= 4 is 55.6 Å². The molecular weight excluding hydrogens is 382 g/mol. The van der Waals surface area contributed by atoms with E-state index in [9.17, 15) is 9.90 Å². The molecular formula is C20H14ClN3O2S. The van der Waals surface area contributed by atoms with Crippen molar-refractivity contribution in [3.8, 4) is 5.75 Å². The summed E-state index contributed by atoms with van der Waals surface area (Å²) in [6.07, 6.45) is 0. The largest absolute Gasteiger partial charge is 0.506 e. The predicted octanol–water partition coefficient (Wildman–Crippen LogP) is 5.65. The van der Waals surface area contributed by atoms with Crippen LogP contribution in [0, 0.1) is 0 Å². The Morgan fingerprint density at radius 1 is 1.00 bits per heavy atom. The van der Waals surface area contributed by atoms with E-state index in [4.69, 9.17) is 11.6 Å². The lowest BCUT2D eigenvalue weighted by Gasteiger charge is -2.04. The number of amides is 1. The molecule has 0 atom stereocenters. The van der Waals surface area contributed by atoms with E-state index in [0.29, 0.717) is 16.4 Å². The molecule has 0 unspecified atom stereocenters. The SMILES string of the molecule is O=C(Nc1ccc2nc(Nc3ccc(O)c(Cl)c3)sc2c1)c1ccccc1. The number of halogens is 1. The first-order valence-corrected chi connectivity index (χ1v) is 9.30. The summed E-state index contributed by atoms with van der Waals surface area (Å²) in [4.78, 5) is 16.8. The maximum Gasteiger partial charge on any atom is 0.255 e. The normalized spacial score (nSPS) is 10.7. The third-order valence-corrected chi connectivity index (χ3v) is 5.12. The summed E-state index contributed by atoms with van der Waals surface area (Å²) in [6, 6.07) is 19.5. The number of anilines is 3. The van der Waals surface area contributed by atoms with E-state index >= 15 is 0 Å². The molecule has 0 bridgehead atoms. The smallest absolute Gasteiger partial charge is 0.255 e. The molecule has 27 heavy (non-hydrogen) atoms. The number of hydrogen-bond donors (Lipinski definition) is 3. The Morgan fingerprint density at radius 3 is 2.56 bits per heavy atom. The maximum atomic E-state index is 12.3. The maximum absolute atomic E-state index is 12.3. The summed E-state index contributed by atoms with van der Waals surface area (Å²) in [5.41, 5.74) is 2.87. The van der Waals surface area contributed by atoms with Crippen molar-refractivity contribution in [2.75, 3.05) is 10.6 Å². The highest BCUT2D eigenvalue weighted by Crippen LogP contribution is 2.32. The van der Waals surface area contributed by atoms with Crippen molar-refractivity contribution in [2.45, 2.75) is 0 Å². The molecule has 1 amide bonds. The van der Waals surface area contributed by atoms with Gasteiger partial charge in [-0.25, -0.2) is 4.98 Å². The highest BCUT2D eigenvalue weighted by molar-refractivity contribution is 7.22. The van der Waals surface area contributed by atoms with Gasteiger partial charge in [0.25, 0.3) is 5.91 Å². The summed E-state index contributed by atoms with van der Waals surface area (Å²) in [6.45, 7) is 0. The fraction of sp³-hybridized carbons (Fsp3) is 0.